The Kier molecular flexibility index (Phi) is 9.54. The van der Waals surface area contributed by atoms with Crippen LogP contribution in [0.2, 0.25) is 0 Å². The molecule has 0 spiro atoms. The molecule has 40 heavy (non-hydrogen) atoms. The summed E-state index contributed by atoms with van der Waals surface area (Å²) in [5.41, 5.74) is 2.30. The number of rotatable bonds is 13. The molecular formula is C30H34FN3O5S. The van der Waals surface area contributed by atoms with Gasteiger partial charge in [-0.25, -0.2) is 17.5 Å². The Morgan fingerprint density at radius 1 is 1.00 bits per heavy atom. The summed E-state index contributed by atoms with van der Waals surface area (Å²) in [6.07, 6.45) is 2.18. The number of aryl methyl sites for hydroxylation is 1. The number of methoxy groups -OCH3 is 1. The third kappa shape index (κ3) is 7.89. The second-order valence-electron chi connectivity index (χ2n) is 9.89. The molecule has 1 fully saturated rings. The third-order valence-electron chi connectivity index (χ3n) is 6.84. The first-order valence-corrected chi connectivity index (χ1v) is 14.7. The van der Waals surface area contributed by atoms with Gasteiger partial charge in [0.05, 0.1) is 12.0 Å². The summed E-state index contributed by atoms with van der Waals surface area (Å²) in [6, 6.07) is 18.8. The first kappa shape index (κ1) is 29.2. The van der Waals surface area contributed by atoms with Crippen LogP contribution in [0.15, 0.2) is 77.7 Å². The van der Waals surface area contributed by atoms with Crippen molar-refractivity contribution >= 4 is 21.8 Å². The van der Waals surface area contributed by atoms with Gasteiger partial charge in [-0.15, -0.1) is 0 Å². The fraction of sp³-hybridized carbons (Fsp3) is 0.333. The molecule has 212 valence electrons. The lowest BCUT2D eigenvalue weighted by molar-refractivity contribution is -0.140. The number of hydrogen-bond donors (Lipinski definition) is 2. The zero-order valence-electron chi connectivity index (χ0n) is 22.6. The number of ether oxygens (including phenoxy) is 1. The maximum absolute atomic E-state index is 13.5. The van der Waals surface area contributed by atoms with Crippen molar-refractivity contribution in [2.24, 2.45) is 0 Å². The molecular weight excluding hydrogens is 533 g/mol. The number of para-hydroxylation sites is 1. The topological polar surface area (TPSA) is 105 Å². The van der Waals surface area contributed by atoms with Gasteiger partial charge in [0, 0.05) is 31.1 Å². The minimum atomic E-state index is -3.55. The van der Waals surface area contributed by atoms with Crippen molar-refractivity contribution in [2.75, 3.05) is 7.11 Å². The number of sulfonamides is 1. The van der Waals surface area contributed by atoms with Crippen molar-refractivity contribution in [3.8, 4) is 5.75 Å². The Morgan fingerprint density at radius 3 is 2.30 bits per heavy atom. The summed E-state index contributed by atoms with van der Waals surface area (Å²) in [5, 5.41) is 2.88. The minimum Gasteiger partial charge on any atom is -0.496 e. The number of hydrogen-bond acceptors (Lipinski definition) is 5. The van der Waals surface area contributed by atoms with E-state index >= 15 is 0 Å². The Hall–Kier alpha value is -3.76. The molecule has 2 amide bonds. The lowest BCUT2D eigenvalue weighted by Gasteiger charge is -2.29. The molecule has 1 atom stereocenters. The third-order valence-corrected chi connectivity index (χ3v) is 8.38. The molecule has 0 aromatic heterocycles. The highest BCUT2D eigenvalue weighted by atomic mass is 32.2. The monoisotopic (exact) mass is 567 g/mol. The first-order chi connectivity index (χ1) is 19.2. The van der Waals surface area contributed by atoms with Crippen LogP contribution in [0.25, 0.3) is 0 Å². The average Bonchev–Trinajstić information content (AvgIpc) is 3.77. The number of benzene rings is 3. The summed E-state index contributed by atoms with van der Waals surface area (Å²) in [4.78, 5) is 28.2. The van der Waals surface area contributed by atoms with Crippen molar-refractivity contribution < 1.29 is 27.1 Å². The maximum Gasteiger partial charge on any atom is 0.242 e. The second kappa shape index (κ2) is 13.1. The summed E-state index contributed by atoms with van der Waals surface area (Å²) in [5.74, 6) is -0.325. The van der Waals surface area contributed by atoms with Crippen LogP contribution in [0.1, 0.15) is 42.9 Å². The van der Waals surface area contributed by atoms with Crippen LogP contribution >= 0.6 is 0 Å². The van der Waals surface area contributed by atoms with Gasteiger partial charge in [-0.2, -0.15) is 0 Å². The normalized spacial score (nSPS) is 13.9. The van der Waals surface area contributed by atoms with E-state index in [9.17, 15) is 22.4 Å². The van der Waals surface area contributed by atoms with E-state index in [1.165, 1.54) is 29.2 Å². The van der Waals surface area contributed by atoms with Crippen LogP contribution < -0.4 is 14.8 Å². The van der Waals surface area contributed by atoms with Crippen molar-refractivity contribution in [3.63, 3.8) is 0 Å². The number of halogens is 1. The Labute approximate surface area is 234 Å². The van der Waals surface area contributed by atoms with E-state index in [0.29, 0.717) is 17.7 Å². The second-order valence-corrected chi connectivity index (χ2v) is 11.6. The van der Waals surface area contributed by atoms with E-state index in [0.717, 1.165) is 24.0 Å². The highest BCUT2D eigenvalue weighted by molar-refractivity contribution is 7.89. The molecule has 0 bridgehead atoms. The molecule has 8 nitrogen and oxygen atoms in total. The Balaban J connectivity index is 1.42. The van der Waals surface area contributed by atoms with E-state index in [1.54, 1.807) is 44.4 Å². The van der Waals surface area contributed by atoms with Crippen LogP contribution in [0.4, 0.5) is 4.39 Å². The molecule has 2 N–H and O–H groups in total. The first-order valence-electron chi connectivity index (χ1n) is 13.2. The molecule has 0 aliphatic heterocycles. The SMILES string of the molecule is COc1ccccc1CNC(=O)[C@H](C)N(Cc1ccc(F)cc1)C(=O)CCc1ccc(S(=O)(=O)NC2CC2)cc1. The van der Waals surface area contributed by atoms with Gasteiger partial charge in [0.15, 0.2) is 0 Å². The van der Waals surface area contributed by atoms with Gasteiger partial charge < -0.3 is 15.0 Å². The quantitative estimate of drug-likeness (QED) is 0.326. The molecule has 10 heteroatoms. The Bertz CT molecular complexity index is 1420. The van der Waals surface area contributed by atoms with E-state index in [-0.39, 0.29) is 48.1 Å². The van der Waals surface area contributed by atoms with Crippen molar-refractivity contribution in [3.05, 3.63) is 95.3 Å². The van der Waals surface area contributed by atoms with Gasteiger partial charge in [-0.05, 0) is 67.6 Å². The largest absolute Gasteiger partial charge is 0.496 e. The van der Waals surface area contributed by atoms with Gasteiger partial charge in [0.25, 0.3) is 0 Å². The minimum absolute atomic E-state index is 0.0169. The summed E-state index contributed by atoms with van der Waals surface area (Å²) >= 11 is 0. The van der Waals surface area contributed by atoms with Crippen LogP contribution in [-0.2, 0) is 39.1 Å². The van der Waals surface area contributed by atoms with Crippen molar-refractivity contribution in [2.45, 2.75) is 62.7 Å². The van der Waals surface area contributed by atoms with Gasteiger partial charge in [0.2, 0.25) is 21.8 Å². The maximum atomic E-state index is 13.5. The summed E-state index contributed by atoms with van der Waals surface area (Å²) in [6.45, 7) is 2.02. The number of nitrogens with one attached hydrogen (secondary N) is 2. The number of carbonyl (C=O) groups excluding carboxylic acids is 2. The summed E-state index contributed by atoms with van der Waals surface area (Å²) in [7, 11) is -1.99. The highest BCUT2D eigenvalue weighted by Crippen LogP contribution is 2.23. The molecule has 0 radical (unpaired) electrons. The molecule has 1 aliphatic carbocycles. The number of nitrogens with zero attached hydrogens (tertiary/aromatic N) is 1. The van der Waals surface area contributed by atoms with E-state index in [2.05, 4.69) is 10.0 Å². The smallest absolute Gasteiger partial charge is 0.242 e. The Morgan fingerprint density at radius 2 is 1.65 bits per heavy atom. The van der Waals surface area contributed by atoms with Crippen LogP contribution in [0, 0.1) is 5.82 Å². The molecule has 3 aromatic rings. The van der Waals surface area contributed by atoms with Gasteiger partial charge >= 0.3 is 0 Å². The average molecular weight is 568 g/mol. The lowest BCUT2D eigenvalue weighted by atomic mass is 10.1. The van der Waals surface area contributed by atoms with E-state index < -0.39 is 16.1 Å². The van der Waals surface area contributed by atoms with E-state index in [4.69, 9.17) is 4.74 Å². The van der Waals surface area contributed by atoms with Crippen molar-refractivity contribution in [1.29, 1.82) is 0 Å². The fourth-order valence-electron chi connectivity index (χ4n) is 4.27. The van der Waals surface area contributed by atoms with Gasteiger partial charge in [-0.3, -0.25) is 9.59 Å². The van der Waals surface area contributed by atoms with Crippen LogP contribution in [0.3, 0.4) is 0 Å². The summed E-state index contributed by atoms with van der Waals surface area (Å²) < 4.78 is 46.3. The van der Waals surface area contributed by atoms with Crippen molar-refractivity contribution in [1.82, 2.24) is 14.9 Å². The lowest BCUT2D eigenvalue weighted by Crippen LogP contribution is -2.47. The van der Waals surface area contributed by atoms with Gasteiger partial charge in [0.1, 0.15) is 17.6 Å². The number of amides is 2. The molecule has 0 unspecified atom stereocenters. The predicted molar refractivity (Wildman–Crippen MR) is 149 cm³/mol. The van der Waals surface area contributed by atoms with E-state index in [1.807, 2.05) is 18.2 Å². The highest BCUT2D eigenvalue weighted by Gasteiger charge is 2.28. The molecule has 1 saturated carbocycles. The fourth-order valence-corrected chi connectivity index (χ4v) is 5.57. The zero-order valence-corrected chi connectivity index (χ0v) is 23.4. The standard InChI is InChI=1S/C30H34FN3O5S/c1-21(30(36)32-19-24-5-3-4-6-28(24)39-2)34(20-23-7-12-25(31)13-8-23)29(35)18-11-22-9-16-27(17-10-22)40(37,38)33-26-14-15-26/h3-10,12-13,16-17,21,26,33H,11,14-15,18-20H2,1-2H3,(H,32,36)/t21-/m0/s1. The van der Waals surface area contributed by atoms with Crippen LogP contribution in [0.5, 0.6) is 5.75 Å². The molecule has 3 aromatic carbocycles. The number of carbonyl (C=O) groups is 2. The van der Waals surface area contributed by atoms with Gasteiger partial charge in [-0.1, -0.05) is 42.5 Å². The zero-order chi connectivity index (χ0) is 28.7. The molecule has 1 aliphatic rings. The molecule has 0 saturated heterocycles. The van der Waals surface area contributed by atoms with Crippen LogP contribution in [-0.4, -0.2) is 44.3 Å². The molecule has 0 heterocycles. The molecule has 4 rings (SSSR count). The predicted octanol–water partition coefficient (Wildman–Crippen LogP) is 3.94.